The molecule has 0 atom stereocenters. The highest BCUT2D eigenvalue weighted by Crippen LogP contribution is 2.28. The number of ether oxygens (including phenoxy) is 1. The summed E-state index contributed by atoms with van der Waals surface area (Å²) in [5.41, 5.74) is -1.97. The second-order valence-electron chi connectivity index (χ2n) is 1.93. The largest absolute Gasteiger partial charge is 0.465 e. The van der Waals surface area contributed by atoms with Gasteiger partial charge in [-0.05, 0) is 0 Å². The number of carbonyl (C=O) groups excluding carboxylic acids is 1. The highest BCUT2D eigenvalue weighted by molar-refractivity contribution is 5.90. The van der Waals surface area contributed by atoms with E-state index in [0.29, 0.717) is 0 Å². The highest BCUT2D eigenvalue weighted by atomic mass is 19.4. The minimum Gasteiger partial charge on any atom is -0.465 e. The van der Waals surface area contributed by atoms with Crippen LogP contribution in [0.5, 0.6) is 0 Å². The summed E-state index contributed by atoms with van der Waals surface area (Å²) in [5, 5.41) is 1.58. The maximum absolute atomic E-state index is 12.5. The minimum atomic E-state index is -5.07. The van der Waals surface area contributed by atoms with Crippen LogP contribution < -0.4 is 5.32 Å². The average molecular weight is 201 g/mol. The van der Waals surface area contributed by atoms with Gasteiger partial charge in [0.25, 0.3) is 0 Å². The molecule has 7 heteroatoms. The molecule has 0 amide bonds. The van der Waals surface area contributed by atoms with Gasteiger partial charge < -0.3 is 10.1 Å². The van der Waals surface area contributed by atoms with Crippen molar-refractivity contribution in [3.63, 3.8) is 0 Å². The van der Waals surface area contributed by atoms with Gasteiger partial charge >= 0.3 is 12.1 Å². The number of halogens is 4. The number of esters is 1. The lowest BCUT2D eigenvalue weighted by atomic mass is 10.3. The molecule has 0 aliphatic rings. The molecule has 0 aliphatic carbocycles. The zero-order chi connectivity index (χ0) is 10.6. The van der Waals surface area contributed by atoms with Crippen LogP contribution in [-0.4, -0.2) is 26.3 Å². The predicted molar refractivity (Wildman–Crippen MR) is 35.3 cm³/mol. The summed E-state index contributed by atoms with van der Waals surface area (Å²) in [4.78, 5) is 10.5. The van der Waals surface area contributed by atoms with Crippen molar-refractivity contribution in [1.29, 1.82) is 0 Å². The summed E-state index contributed by atoms with van der Waals surface area (Å²) in [7, 11) is 1.65. The van der Waals surface area contributed by atoms with Crippen molar-refractivity contribution in [2.45, 2.75) is 6.18 Å². The van der Waals surface area contributed by atoms with E-state index in [1.807, 2.05) is 0 Å². The monoisotopic (exact) mass is 201 g/mol. The molecule has 0 aliphatic heterocycles. The lowest BCUT2D eigenvalue weighted by Gasteiger charge is -2.10. The quantitative estimate of drug-likeness (QED) is 0.315. The number of rotatable bonds is 2. The van der Waals surface area contributed by atoms with E-state index < -0.39 is 23.7 Å². The Morgan fingerprint density at radius 1 is 1.38 bits per heavy atom. The number of carbonyl (C=O) groups is 1. The van der Waals surface area contributed by atoms with Gasteiger partial charge in [-0.2, -0.15) is 17.6 Å². The van der Waals surface area contributed by atoms with Crippen molar-refractivity contribution >= 4 is 5.97 Å². The third-order valence-corrected chi connectivity index (χ3v) is 1.11. The molecule has 0 aromatic carbocycles. The summed E-state index contributed by atoms with van der Waals surface area (Å²) >= 11 is 0. The molecule has 0 radical (unpaired) electrons. The maximum Gasteiger partial charge on any atom is 0.427 e. The van der Waals surface area contributed by atoms with Gasteiger partial charge in [0, 0.05) is 7.05 Å². The fourth-order valence-corrected chi connectivity index (χ4v) is 0.557. The molecule has 76 valence electrons. The summed E-state index contributed by atoms with van der Waals surface area (Å²) in [6, 6.07) is 0. The molecule has 0 aromatic heterocycles. The Balaban J connectivity index is 5.11. The molecule has 0 saturated carbocycles. The van der Waals surface area contributed by atoms with Gasteiger partial charge in [-0.1, -0.05) is 0 Å². The van der Waals surface area contributed by atoms with Crippen LogP contribution in [0.15, 0.2) is 11.5 Å². The van der Waals surface area contributed by atoms with E-state index in [-0.39, 0.29) is 0 Å². The van der Waals surface area contributed by atoms with Gasteiger partial charge in [-0.3, -0.25) is 0 Å². The summed E-state index contributed by atoms with van der Waals surface area (Å²) in [6.45, 7) is 0. The van der Waals surface area contributed by atoms with Crippen molar-refractivity contribution in [3.8, 4) is 0 Å². The highest BCUT2D eigenvalue weighted by Gasteiger charge is 2.43. The molecule has 0 saturated heterocycles. The minimum absolute atomic E-state index is 0.733. The zero-order valence-corrected chi connectivity index (χ0v) is 6.83. The molecule has 0 rings (SSSR count). The van der Waals surface area contributed by atoms with Gasteiger partial charge in [0.1, 0.15) is 0 Å². The van der Waals surface area contributed by atoms with E-state index in [2.05, 4.69) is 4.74 Å². The molecule has 13 heavy (non-hydrogen) atoms. The zero-order valence-electron chi connectivity index (χ0n) is 6.83. The normalized spacial score (nSPS) is 13.4. The van der Waals surface area contributed by atoms with Gasteiger partial charge in [-0.15, -0.1) is 0 Å². The molecule has 0 unspecified atom stereocenters. The Kier molecular flexibility index (Phi) is 3.70. The standard InChI is InChI=1S/C6H7F4NO2/c1-11-4(7)3(5(12)13-2)6(8,9)10/h11H,1-2H3/b4-3+. The molecule has 0 aromatic rings. The first kappa shape index (κ1) is 11.7. The van der Waals surface area contributed by atoms with Crippen molar-refractivity contribution < 1.29 is 27.1 Å². The molecule has 1 N–H and O–H groups in total. The number of hydrogen-bond acceptors (Lipinski definition) is 3. The molecule has 0 bridgehead atoms. The Labute approximate surface area is 71.4 Å². The van der Waals surface area contributed by atoms with Crippen molar-refractivity contribution in [2.75, 3.05) is 14.2 Å². The molecular weight excluding hydrogens is 194 g/mol. The van der Waals surface area contributed by atoms with E-state index in [0.717, 1.165) is 14.2 Å². The third kappa shape index (κ3) is 2.92. The SMILES string of the molecule is CN/C(F)=C(\C(=O)OC)C(F)(F)F. The first-order valence-electron chi connectivity index (χ1n) is 3.07. The van der Waals surface area contributed by atoms with E-state index >= 15 is 0 Å². The van der Waals surface area contributed by atoms with Gasteiger partial charge in [0.05, 0.1) is 7.11 Å². The number of hydrogen-bond donors (Lipinski definition) is 1. The smallest absolute Gasteiger partial charge is 0.427 e. The molecule has 3 nitrogen and oxygen atoms in total. The Bertz CT molecular complexity index is 233. The first-order valence-corrected chi connectivity index (χ1v) is 3.07. The second kappa shape index (κ2) is 4.11. The number of alkyl halides is 3. The van der Waals surface area contributed by atoms with Gasteiger partial charge in [0.15, 0.2) is 5.57 Å². The maximum atomic E-state index is 12.5. The number of methoxy groups -OCH3 is 1. The van der Waals surface area contributed by atoms with Crippen molar-refractivity contribution in [3.05, 3.63) is 11.5 Å². The van der Waals surface area contributed by atoms with E-state index in [1.54, 1.807) is 5.32 Å². The first-order chi connectivity index (χ1) is 5.84. The van der Waals surface area contributed by atoms with E-state index in [4.69, 9.17) is 0 Å². The average Bonchev–Trinajstić information content (AvgIpc) is 2.01. The van der Waals surface area contributed by atoms with Gasteiger partial charge in [0.2, 0.25) is 5.95 Å². The van der Waals surface area contributed by atoms with Crippen molar-refractivity contribution in [1.82, 2.24) is 5.32 Å². The van der Waals surface area contributed by atoms with Crippen LogP contribution in [0.3, 0.4) is 0 Å². The Morgan fingerprint density at radius 2 is 1.85 bits per heavy atom. The number of nitrogens with one attached hydrogen (secondary N) is 1. The third-order valence-electron chi connectivity index (χ3n) is 1.11. The Morgan fingerprint density at radius 3 is 2.08 bits per heavy atom. The Hall–Kier alpha value is -1.27. The van der Waals surface area contributed by atoms with Crippen LogP contribution in [0.4, 0.5) is 17.6 Å². The van der Waals surface area contributed by atoms with E-state index in [9.17, 15) is 22.4 Å². The predicted octanol–water partition coefficient (Wildman–Crippen LogP) is 1.12. The van der Waals surface area contributed by atoms with Crippen molar-refractivity contribution in [2.24, 2.45) is 0 Å². The molecule has 0 spiro atoms. The molecule has 0 fully saturated rings. The van der Waals surface area contributed by atoms with Crippen LogP contribution in [0.25, 0.3) is 0 Å². The fraction of sp³-hybridized carbons (Fsp3) is 0.500. The summed E-state index contributed by atoms with van der Waals surface area (Å²) < 4.78 is 52.1. The lowest BCUT2D eigenvalue weighted by molar-refractivity contribution is -0.148. The van der Waals surface area contributed by atoms with E-state index in [1.165, 1.54) is 0 Å². The van der Waals surface area contributed by atoms with Crippen LogP contribution in [0.2, 0.25) is 0 Å². The van der Waals surface area contributed by atoms with Crippen LogP contribution in [0, 0.1) is 0 Å². The summed E-state index contributed by atoms with van der Waals surface area (Å²) in [5.74, 6) is -3.53. The van der Waals surface area contributed by atoms with Gasteiger partial charge in [-0.25, -0.2) is 4.79 Å². The summed E-state index contributed by atoms with van der Waals surface area (Å²) in [6.07, 6.45) is -5.07. The molecule has 0 heterocycles. The topological polar surface area (TPSA) is 38.3 Å². The molecular formula is C6H7F4NO2. The second-order valence-corrected chi connectivity index (χ2v) is 1.93. The fourth-order valence-electron chi connectivity index (χ4n) is 0.557. The lowest BCUT2D eigenvalue weighted by Crippen LogP contribution is -2.25. The van der Waals surface area contributed by atoms with Crippen LogP contribution in [0.1, 0.15) is 0 Å². The van der Waals surface area contributed by atoms with Crippen LogP contribution >= 0.6 is 0 Å². The van der Waals surface area contributed by atoms with Crippen LogP contribution in [-0.2, 0) is 9.53 Å².